The molecule has 0 aromatic heterocycles. The van der Waals surface area contributed by atoms with E-state index in [2.05, 4.69) is 17.1 Å². The predicted octanol–water partition coefficient (Wildman–Crippen LogP) is 0.309. The Balaban J connectivity index is 1.61. The van der Waals surface area contributed by atoms with Gasteiger partial charge in [0.1, 0.15) is 0 Å². The zero-order valence-corrected chi connectivity index (χ0v) is 12.1. The smallest absolute Gasteiger partial charge is 0.236 e. The van der Waals surface area contributed by atoms with Crippen LogP contribution in [0.5, 0.6) is 0 Å². The van der Waals surface area contributed by atoms with Crippen molar-refractivity contribution >= 4 is 5.91 Å². The number of carbonyl (C=O) groups excluding carboxylic acids is 1. The van der Waals surface area contributed by atoms with Crippen molar-refractivity contribution in [3.63, 3.8) is 0 Å². The van der Waals surface area contributed by atoms with Gasteiger partial charge >= 0.3 is 0 Å². The third-order valence-electron chi connectivity index (χ3n) is 4.03. The topological polar surface area (TPSA) is 44.8 Å². The Labute approximate surface area is 116 Å². The van der Waals surface area contributed by atoms with E-state index in [1.54, 1.807) is 0 Å². The standard InChI is InChI=1S/C14H27N3O2/c1-2-5-16-6-3-13(4-7-16)15-12-14(18)17-8-10-19-11-9-17/h13,15H,2-12H2,1H3. The Morgan fingerprint density at radius 1 is 1.21 bits per heavy atom. The molecule has 1 amide bonds. The highest BCUT2D eigenvalue weighted by Gasteiger charge is 2.21. The fourth-order valence-corrected chi connectivity index (χ4v) is 2.83. The van der Waals surface area contributed by atoms with Gasteiger partial charge in [-0.3, -0.25) is 4.79 Å². The molecule has 0 aliphatic carbocycles. The monoisotopic (exact) mass is 269 g/mol. The second-order valence-corrected chi connectivity index (χ2v) is 5.49. The van der Waals surface area contributed by atoms with E-state index < -0.39 is 0 Å². The molecule has 2 fully saturated rings. The summed E-state index contributed by atoms with van der Waals surface area (Å²) in [4.78, 5) is 16.4. The van der Waals surface area contributed by atoms with Crippen LogP contribution in [-0.4, -0.2) is 74.2 Å². The molecule has 0 aromatic rings. The lowest BCUT2D eigenvalue weighted by Gasteiger charge is -2.33. The molecule has 0 saturated carbocycles. The van der Waals surface area contributed by atoms with Gasteiger partial charge < -0.3 is 19.9 Å². The predicted molar refractivity (Wildman–Crippen MR) is 75.2 cm³/mol. The molecule has 5 heteroatoms. The first-order valence-electron chi connectivity index (χ1n) is 7.61. The number of hydrogen-bond donors (Lipinski definition) is 1. The van der Waals surface area contributed by atoms with Crippen LogP contribution in [0.2, 0.25) is 0 Å². The molecule has 1 N–H and O–H groups in total. The maximum absolute atomic E-state index is 12.0. The van der Waals surface area contributed by atoms with E-state index in [0.29, 0.717) is 25.8 Å². The lowest BCUT2D eigenvalue weighted by atomic mass is 10.0. The summed E-state index contributed by atoms with van der Waals surface area (Å²) in [6.45, 7) is 9.10. The summed E-state index contributed by atoms with van der Waals surface area (Å²) < 4.78 is 5.26. The largest absolute Gasteiger partial charge is 0.378 e. The maximum Gasteiger partial charge on any atom is 0.236 e. The Hall–Kier alpha value is -0.650. The number of likely N-dealkylation sites (tertiary alicyclic amines) is 1. The average molecular weight is 269 g/mol. The van der Waals surface area contributed by atoms with Crippen LogP contribution in [0, 0.1) is 0 Å². The third kappa shape index (κ3) is 4.75. The zero-order chi connectivity index (χ0) is 13.5. The number of ether oxygens (including phenoxy) is 1. The van der Waals surface area contributed by atoms with Gasteiger partial charge in [0, 0.05) is 19.1 Å². The van der Waals surface area contributed by atoms with Crippen molar-refractivity contribution in [1.82, 2.24) is 15.1 Å². The maximum atomic E-state index is 12.0. The van der Waals surface area contributed by atoms with E-state index >= 15 is 0 Å². The first-order chi connectivity index (χ1) is 9.29. The van der Waals surface area contributed by atoms with Gasteiger partial charge in [-0.2, -0.15) is 0 Å². The van der Waals surface area contributed by atoms with Gasteiger partial charge in [-0.15, -0.1) is 0 Å². The van der Waals surface area contributed by atoms with Crippen molar-refractivity contribution < 1.29 is 9.53 Å². The molecule has 2 aliphatic heterocycles. The molecule has 110 valence electrons. The van der Waals surface area contributed by atoms with Crippen LogP contribution < -0.4 is 5.32 Å². The van der Waals surface area contributed by atoms with Gasteiger partial charge in [-0.05, 0) is 38.9 Å². The molecule has 2 heterocycles. The van der Waals surface area contributed by atoms with Crippen molar-refractivity contribution in [2.75, 3.05) is 52.5 Å². The normalized spacial score (nSPS) is 22.7. The minimum Gasteiger partial charge on any atom is -0.378 e. The summed E-state index contributed by atoms with van der Waals surface area (Å²) in [5, 5.41) is 3.42. The minimum absolute atomic E-state index is 0.222. The molecule has 0 aromatic carbocycles. The second kappa shape index (κ2) is 7.82. The van der Waals surface area contributed by atoms with E-state index in [0.717, 1.165) is 39.0 Å². The Morgan fingerprint density at radius 2 is 1.89 bits per heavy atom. The molecular weight excluding hydrogens is 242 g/mol. The lowest BCUT2D eigenvalue weighted by molar-refractivity contribution is -0.134. The highest BCUT2D eigenvalue weighted by molar-refractivity contribution is 5.78. The van der Waals surface area contributed by atoms with Crippen molar-refractivity contribution in [3.05, 3.63) is 0 Å². The molecular formula is C14H27N3O2. The number of rotatable bonds is 5. The fourth-order valence-electron chi connectivity index (χ4n) is 2.83. The number of carbonyl (C=O) groups is 1. The van der Waals surface area contributed by atoms with Crippen LogP contribution >= 0.6 is 0 Å². The van der Waals surface area contributed by atoms with E-state index in [1.807, 2.05) is 4.90 Å². The quantitative estimate of drug-likeness (QED) is 0.780. The van der Waals surface area contributed by atoms with Crippen LogP contribution in [0.1, 0.15) is 26.2 Å². The minimum atomic E-state index is 0.222. The molecule has 19 heavy (non-hydrogen) atoms. The van der Waals surface area contributed by atoms with Crippen LogP contribution in [0.4, 0.5) is 0 Å². The Bertz CT molecular complexity index is 272. The Kier molecular flexibility index (Phi) is 6.07. The summed E-state index contributed by atoms with van der Waals surface area (Å²) in [5.74, 6) is 0.222. The lowest BCUT2D eigenvalue weighted by Crippen LogP contribution is -2.48. The van der Waals surface area contributed by atoms with E-state index in [-0.39, 0.29) is 5.91 Å². The molecule has 2 saturated heterocycles. The van der Waals surface area contributed by atoms with Crippen LogP contribution in [0.15, 0.2) is 0 Å². The highest BCUT2D eigenvalue weighted by Crippen LogP contribution is 2.10. The van der Waals surface area contributed by atoms with Gasteiger partial charge in [0.05, 0.1) is 19.8 Å². The van der Waals surface area contributed by atoms with Crippen LogP contribution in [0.3, 0.4) is 0 Å². The summed E-state index contributed by atoms with van der Waals surface area (Å²) in [7, 11) is 0. The average Bonchev–Trinajstić information content (AvgIpc) is 2.47. The number of piperidine rings is 1. The van der Waals surface area contributed by atoms with Gasteiger partial charge in [0.15, 0.2) is 0 Å². The van der Waals surface area contributed by atoms with E-state index in [4.69, 9.17) is 4.74 Å². The highest BCUT2D eigenvalue weighted by atomic mass is 16.5. The molecule has 2 rings (SSSR count). The number of nitrogens with zero attached hydrogens (tertiary/aromatic N) is 2. The molecule has 2 aliphatic rings. The van der Waals surface area contributed by atoms with Gasteiger partial charge in [0.25, 0.3) is 0 Å². The summed E-state index contributed by atoms with van der Waals surface area (Å²) >= 11 is 0. The molecule has 0 spiro atoms. The summed E-state index contributed by atoms with van der Waals surface area (Å²) in [5.41, 5.74) is 0. The Morgan fingerprint density at radius 3 is 2.53 bits per heavy atom. The van der Waals surface area contributed by atoms with Gasteiger partial charge in [-0.25, -0.2) is 0 Å². The third-order valence-corrected chi connectivity index (χ3v) is 4.03. The van der Waals surface area contributed by atoms with E-state index in [9.17, 15) is 4.79 Å². The van der Waals surface area contributed by atoms with Crippen LogP contribution in [-0.2, 0) is 9.53 Å². The molecule has 0 atom stereocenters. The van der Waals surface area contributed by atoms with Crippen molar-refractivity contribution in [2.24, 2.45) is 0 Å². The number of amides is 1. The summed E-state index contributed by atoms with van der Waals surface area (Å²) in [6.07, 6.45) is 3.56. The molecule has 0 unspecified atom stereocenters. The van der Waals surface area contributed by atoms with Gasteiger partial charge in [0.2, 0.25) is 5.91 Å². The number of nitrogens with one attached hydrogen (secondary N) is 1. The van der Waals surface area contributed by atoms with Crippen LogP contribution in [0.25, 0.3) is 0 Å². The van der Waals surface area contributed by atoms with Crippen molar-refractivity contribution in [3.8, 4) is 0 Å². The zero-order valence-electron chi connectivity index (χ0n) is 12.1. The summed E-state index contributed by atoms with van der Waals surface area (Å²) in [6, 6.07) is 0.512. The fraction of sp³-hybridized carbons (Fsp3) is 0.929. The molecule has 0 radical (unpaired) electrons. The SMILES string of the molecule is CCCN1CCC(NCC(=O)N2CCOCC2)CC1. The number of hydrogen-bond acceptors (Lipinski definition) is 4. The first kappa shape index (κ1) is 14.8. The van der Waals surface area contributed by atoms with Crippen molar-refractivity contribution in [1.29, 1.82) is 0 Å². The first-order valence-corrected chi connectivity index (χ1v) is 7.61. The molecule has 5 nitrogen and oxygen atoms in total. The van der Waals surface area contributed by atoms with Gasteiger partial charge in [-0.1, -0.05) is 6.92 Å². The second-order valence-electron chi connectivity index (χ2n) is 5.49. The van der Waals surface area contributed by atoms with E-state index in [1.165, 1.54) is 13.0 Å². The molecule has 0 bridgehead atoms. The van der Waals surface area contributed by atoms with Crippen molar-refractivity contribution in [2.45, 2.75) is 32.2 Å². The number of morpholine rings is 1.